The van der Waals surface area contributed by atoms with Gasteiger partial charge in [0.05, 0.1) is 12.2 Å². The van der Waals surface area contributed by atoms with Gasteiger partial charge in [-0.15, -0.1) is 0 Å². The number of nitrogens with two attached hydrogens (primary N) is 1. The number of carbonyl (C=O) groups is 2. The average Bonchev–Trinajstić information content (AvgIpc) is 3.16. The molecule has 3 aromatic rings. The number of nitrogens with one attached hydrogen (secondary N) is 2. The summed E-state index contributed by atoms with van der Waals surface area (Å²) in [6, 6.07) is 13.4. The van der Waals surface area contributed by atoms with E-state index in [2.05, 4.69) is 15.6 Å². The third kappa shape index (κ3) is 4.07. The number of oxazole rings is 1. The molecule has 0 bridgehead atoms. The number of hydrogen-bond acceptors (Lipinski definition) is 4. The molecule has 1 unspecified atom stereocenters. The highest BCUT2D eigenvalue weighted by molar-refractivity contribution is 5.94. The van der Waals surface area contributed by atoms with Gasteiger partial charge in [-0.3, -0.25) is 4.79 Å². The fourth-order valence-corrected chi connectivity index (χ4v) is 2.50. The summed E-state index contributed by atoms with van der Waals surface area (Å²) in [5.74, 6) is 0.468. The van der Waals surface area contributed by atoms with E-state index in [0.717, 1.165) is 11.1 Å². The monoisotopic (exact) mass is 350 g/mol. The number of aromatic nitrogens is 1. The van der Waals surface area contributed by atoms with Crippen LogP contribution in [0.25, 0.3) is 11.3 Å². The van der Waals surface area contributed by atoms with Gasteiger partial charge < -0.3 is 20.8 Å². The van der Waals surface area contributed by atoms with Crippen molar-refractivity contribution in [2.45, 2.75) is 13.0 Å². The fourth-order valence-electron chi connectivity index (χ4n) is 2.50. The Labute approximate surface area is 150 Å². The number of amides is 3. The van der Waals surface area contributed by atoms with Crippen molar-refractivity contribution in [2.75, 3.05) is 5.32 Å². The first-order valence-corrected chi connectivity index (χ1v) is 7.99. The molecule has 3 rings (SSSR count). The van der Waals surface area contributed by atoms with Crippen molar-refractivity contribution >= 4 is 17.6 Å². The normalized spacial score (nSPS) is 11.6. The van der Waals surface area contributed by atoms with Crippen LogP contribution >= 0.6 is 0 Å². The van der Waals surface area contributed by atoms with E-state index >= 15 is 0 Å². The molecule has 132 valence electrons. The van der Waals surface area contributed by atoms with E-state index in [1.165, 1.54) is 6.39 Å². The largest absolute Gasteiger partial charge is 0.444 e. The van der Waals surface area contributed by atoms with Crippen LogP contribution in [0.3, 0.4) is 0 Å². The first-order chi connectivity index (χ1) is 12.5. The summed E-state index contributed by atoms with van der Waals surface area (Å²) in [6.45, 7) is 1.89. The van der Waals surface area contributed by atoms with Crippen molar-refractivity contribution in [3.8, 4) is 11.3 Å². The fraction of sp³-hybridized carbons (Fsp3) is 0.105. The van der Waals surface area contributed by atoms with Crippen molar-refractivity contribution in [3.05, 3.63) is 72.2 Å². The zero-order chi connectivity index (χ0) is 18.5. The average molecular weight is 350 g/mol. The summed E-state index contributed by atoms with van der Waals surface area (Å²) in [7, 11) is 0. The molecular weight excluding hydrogens is 332 g/mol. The molecule has 7 heteroatoms. The molecule has 7 nitrogen and oxygen atoms in total. The molecule has 0 aliphatic rings. The van der Waals surface area contributed by atoms with Crippen molar-refractivity contribution in [2.24, 2.45) is 5.73 Å². The SMILES string of the molecule is CC(NC(=O)c1ccc(-c2cnco2)cc1)c1ccc(NC(N)=O)cc1. The maximum Gasteiger partial charge on any atom is 0.316 e. The number of benzene rings is 2. The molecule has 1 atom stereocenters. The molecule has 0 radical (unpaired) electrons. The first kappa shape index (κ1) is 17.2. The highest BCUT2D eigenvalue weighted by atomic mass is 16.3. The topological polar surface area (TPSA) is 110 Å². The van der Waals surface area contributed by atoms with Crippen LogP contribution in [0, 0.1) is 0 Å². The zero-order valence-electron chi connectivity index (χ0n) is 14.1. The number of anilines is 1. The lowest BCUT2D eigenvalue weighted by Gasteiger charge is -2.15. The Bertz CT molecular complexity index is 888. The Morgan fingerprint density at radius 3 is 2.35 bits per heavy atom. The number of hydrogen-bond donors (Lipinski definition) is 3. The van der Waals surface area contributed by atoms with Gasteiger partial charge in [-0.1, -0.05) is 24.3 Å². The van der Waals surface area contributed by atoms with Crippen LogP contribution in [0.15, 0.2) is 65.5 Å². The Hall–Kier alpha value is -3.61. The predicted octanol–water partition coefficient (Wildman–Crippen LogP) is 3.32. The van der Waals surface area contributed by atoms with E-state index in [9.17, 15) is 9.59 Å². The molecule has 0 spiro atoms. The van der Waals surface area contributed by atoms with Crippen molar-refractivity contribution in [3.63, 3.8) is 0 Å². The molecule has 0 aliphatic carbocycles. The summed E-state index contributed by atoms with van der Waals surface area (Å²) in [4.78, 5) is 27.1. The number of nitrogens with zero attached hydrogens (tertiary/aromatic N) is 1. The zero-order valence-corrected chi connectivity index (χ0v) is 14.1. The lowest BCUT2D eigenvalue weighted by Crippen LogP contribution is -2.26. The van der Waals surface area contributed by atoms with Gasteiger partial charge in [0.1, 0.15) is 0 Å². The molecule has 1 aromatic heterocycles. The summed E-state index contributed by atoms with van der Waals surface area (Å²) >= 11 is 0. The summed E-state index contributed by atoms with van der Waals surface area (Å²) in [6.07, 6.45) is 2.98. The van der Waals surface area contributed by atoms with Crippen LogP contribution in [0.5, 0.6) is 0 Å². The van der Waals surface area contributed by atoms with E-state index in [1.54, 1.807) is 30.5 Å². The Morgan fingerprint density at radius 1 is 1.08 bits per heavy atom. The number of carbonyl (C=O) groups excluding carboxylic acids is 2. The minimum Gasteiger partial charge on any atom is -0.444 e. The third-order valence-corrected chi connectivity index (χ3v) is 3.89. The minimum atomic E-state index is -0.618. The smallest absolute Gasteiger partial charge is 0.316 e. The molecule has 1 heterocycles. The molecule has 0 fully saturated rings. The maximum atomic E-state index is 12.4. The van der Waals surface area contributed by atoms with Crippen molar-refractivity contribution in [1.29, 1.82) is 0 Å². The third-order valence-electron chi connectivity index (χ3n) is 3.89. The number of rotatable bonds is 5. The highest BCUT2D eigenvalue weighted by Crippen LogP contribution is 2.20. The first-order valence-electron chi connectivity index (χ1n) is 7.99. The van der Waals surface area contributed by atoms with Gasteiger partial charge in [-0.25, -0.2) is 9.78 Å². The lowest BCUT2D eigenvalue weighted by atomic mass is 10.1. The van der Waals surface area contributed by atoms with Gasteiger partial charge in [-0.2, -0.15) is 0 Å². The molecule has 4 N–H and O–H groups in total. The molecule has 0 aliphatic heterocycles. The molecular formula is C19H18N4O3. The van der Waals surface area contributed by atoms with E-state index in [1.807, 2.05) is 31.2 Å². The summed E-state index contributed by atoms with van der Waals surface area (Å²) < 4.78 is 5.23. The van der Waals surface area contributed by atoms with Crippen LogP contribution < -0.4 is 16.4 Å². The Morgan fingerprint density at radius 2 is 1.77 bits per heavy atom. The van der Waals surface area contributed by atoms with Crippen LogP contribution in [-0.4, -0.2) is 16.9 Å². The number of primary amides is 1. The molecule has 2 aromatic carbocycles. The Balaban J connectivity index is 1.64. The number of urea groups is 1. The van der Waals surface area contributed by atoms with Crippen molar-refractivity contribution in [1.82, 2.24) is 10.3 Å². The van der Waals surface area contributed by atoms with Gasteiger partial charge in [0.25, 0.3) is 5.91 Å². The molecule has 26 heavy (non-hydrogen) atoms. The van der Waals surface area contributed by atoms with Crippen LogP contribution in [-0.2, 0) is 0 Å². The van der Waals surface area contributed by atoms with Crippen LogP contribution in [0.2, 0.25) is 0 Å². The molecule has 0 saturated heterocycles. The van der Waals surface area contributed by atoms with E-state index < -0.39 is 6.03 Å². The van der Waals surface area contributed by atoms with Gasteiger partial charge in [-0.05, 0) is 36.8 Å². The maximum absolute atomic E-state index is 12.4. The van der Waals surface area contributed by atoms with Crippen LogP contribution in [0.4, 0.5) is 10.5 Å². The predicted molar refractivity (Wildman–Crippen MR) is 97.5 cm³/mol. The summed E-state index contributed by atoms with van der Waals surface area (Å²) in [5.41, 5.74) is 7.99. The van der Waals surface area contributed by atoms with Gasteiger partial charge in [0, 0.05) is 16.8 Å². The van der Waals surface area contributed by atoms with E-state index in [4.69, 9.17) is 10.2 Å². The van der Waals surface area contributed by atoms with Crippen molar-refractivity contribution < 1.29 is 14.0 Å². The standard InChI is InChI=1S/C19H18N4O3/c1-12(13-6-8-16(9-7-13)23-19(20)25)22-18(24)15-4-2-14(3-5-15)17-10-21-11-26-17/h2-12H,1H3,(H,22,24)(H3,20,23,25). The van der Waals surface area contributed by atoms with Gasteiger partial charge >= 0.3 is 6.03 Å². The second-order valence-corrected chi connectivity index (χ2v) is 5.75. The molecule has 3 amide bonds. The summed E-state index contributed by atoms with van der Waals surface area (Å²) in [5, 5.41) is 5.43. The Kier molecular flexibility index (Phi) is 4.98. The van der Waals surface area contributed by atoms with E-state index in [-0.39, 0.29) is 11.9 Å². The second-order valence-electron chi connectivity index (χ2n) is 5.75. The quantitative estimate of drug-likeness (QED) is 0.655. The van der Waals surface area contributed by atoms with Gasteiger partial charge in [0.15, 0.2) is 12.2 Å². The minimum absolute atomic E-state index is 0.180. The highest BCUT2D eigenvalue weighted by Gasteiger charge is 2.12. The lowest BCUT2D eigenvalue weighted by molar-refractivity contribution is 0.0940. The second kappa shape index (κ2) is 7.52. The van der Waals surface area contributed by atoms with E-state index in [0.29, 0.717) is 17.0 Å². The molecule has 0 saturated carbocycles. The van der Waals surface area contributed by atoms with Gasteiger partial charge in [0.2, 0.25) is 0 Å². The van der Waals surface area contributed by atoms with Crippen LogP contribution in [0.1, 0.15) is 28.9 Å².